The van der Waals surface area contributed by atoms with Crippen LogP contribution >= 0.6 is 0 Å². The highest BCUT2D eigenvalue weighted by molar-refractivity contribution is 5.96. The first-order valence-corrected chi connectivity index (χ1v) is 8.73. The molecule has 0 bridgehead atoms. The lowest BCUT2D eigenvalue weighted by atomic mass is 10.0. The van der Waals surface area contributed by atoms with Crippen molar-refractivity contribution in [3.05, 3.63) is 30.6 Å². The van der Waals surface area contributed by atoms with E-state index in [9.17, 15) is 9.59 Å². The highest BCUT2D eigenvalue weighted by atomic mass is 16.2. The molecule has 0 radical (unpaired) electrons. The maximum atomic E-state index is 12.1. The third-order valence-corrected chi connectivity index (χ3v) is 4.55. The number of pyridine rings is 1. The molecule has 0 unspecified atom stereocenters. The molecule has 1 saturated carbocycles. The number of hydrogen-bond donors (Lipinski definition) is 3. The second-order valence-corrected chi connectivity index (χ2v) is 6.39. The Labute approximate surface area is 146 Å². The van der Waals surface area contributed by atoms with Crippen molar-refractivity contribution >= 4 is 17.6 Å². The minimum atomic E-state index is -0.296. The van der Waals surface area contributed by atoms with Crippen molar-refractivity contribution in [2.45, 2.75) is 38.5 Å². The van der Waals surface area contributed by atoms with Gasteiger partial charge in [0.2, 0.25) is 11.8 Å². The van der Waals surface area contributed by atoms with E-state index in [2.05, 4.69) is 25.8 Å². The first-order chi connectivity index (χ1) is 12.2. The smallest absolute Gasteiger partial charge is 0.244 e. The highest BCUT2D eigenvalue weighted by Gasteiger charge is 2.17. The molecule has 0 spiro atoms. The van der Waals surface area contributed by atoms with Gasteiger partial charge in [-0.15, -0.1) is 0 Å². The number of rotatable bonds is 7. The summed E-state index contributed by atoms with van der Waals surface area (Å²) in [7, 11) is 0. The second kappa shape index (κ2) is 8.41. The van der Waals surface area contributed by atoms with Crippen LogP contribution in [0, 0.1) is 5.92 Å². The summed E-state index contributed by atoms with van der Waals surface area (Å²) in [6, 6.07) is 5.53. The predicted molar refractivity (Wildman–Crippen MR) is 94.7 cm³/mol. The van der Waals surface area contributed by atoms with E-state index in [1.54, 1.807) is 12.4 Å². The number of amides is 2. The zero-order chi connectivity index (χ0) is 17.5. The van der Waals surface area contributed by atoms with Gasteiger partial charge in [-0.1, -0.05) is 31.7 Å². The molecule has 0 aromatic carbocycles. The summed E-state index contributed by atoms with van der Waals surface area (Å²) in [4.78, 5) is 28.2. The number of nitrogens with one attached hydrogen (secondary N) is 3. The summed E-state index contributed by atoms with van der Waals surface area (Å²) in [5, 5.41) is 12.1. The molecule has 0 saturated heterocycles. The van der Waals surface area contributed by atoms with Crippen LogP contribution in [0.25, 0.3) is 11.3 Å². The van der Waals surface area contributed by atoms with Gasteiger partial charge in [-0.05, 0) is 24.5 Å². The number of carbonyl (C=O) groups excluding carboxylic acids is 2. The SMILES string of the molecule is O=C(CCC1CCCC1)NCC(=O)Nc1[nH]ncc1-c1ccccn1. The predicted octanol–water partition coefficient (Wildman–Crippen LogP) is 2.50. The molecule has 3 N–H and O–H groups in total. The van der Waals surface area contributed by atoms with E-state index in [0.717, 1.165) is 6.42 Å². The van der Waals surface area contributed by atoms with Gasteiger partial charge in [-0.2, -0.15) is 5.10 Å². The van der Waals surface area contributed by atoms with Crippen molar-refractivity contribution < 1.29 is 9.59 Å². The van der Waals surface area contributed by atoms with Gasteiger partial charge in [-0.3, -0.25) is 19.7 Å². The van der Waals surface area contributed by atoms with Crippen LogP contribution in [0.5, 0.6) is 0 Å². The Bertz CT molecular complexity index is 707. The molecule has 3 rings (SSSR count). The molecule has 25 heavy (non-hydrogen) atoms. The van der Waals surface area contributed by atoms with Crippen LogP contribution in [0.15, 0.2) is 30.6 Å². The molecule has 1 aliphatic rings. The Morgan fingerprint density at radius 1 is 1.20 bits per heavy atom. The number of aromatic nitrogens is 3. The van der Waals surface area contributed by atoms with Crippen LogP contribution in [-0.4, -0.2) is 33.5 Å². The van der Waals surface area contributed by atoms with Crippen LogP contribution in [-0.2, 0) is 9.59 Å². The Morgan fingerprint density at radius 2 is 2.04 bits per heavy atom. The molecule has 7 nitrogen and oxygen atoms in total. The van der Waals surface area contributed by atoms with E-state index in [1.807, 2.05) is 18.2 Å². The Balaban J connectivity index is 1.45. The summed E-state index contributed by atoms with van der Waals surface area (Å²) < 4.78 is 0. The lowest BCUT2D eigenvalue weighted by Crippen LogP contribution is -2.33. The van der Waals surface area contributed by atoms with Crippen molar-refractivity contribution in [1.82, 2.24) is 20.5 Å². The van der Waals surface area contributed by atoms with Crippen molar-refractivity contribution in [2.75, 3.05) is 11.9 Å². The second-order valence-electron chi connectivity index (χ2n) is 6.39. The fraction of sp³-hybridized carbons (Fsp3) is 0.444. The molecule has 2 aromatic heterocycles. The first-order valence-electron chi connectivity index (χ1n) is 8.73. The summed E-state index contributed by atoms with van der Waals surface area (Å²) in [6.45, 7) is -0.0514. The third-order valence-electron chi connectivity index (χ3n) is 4.55. The lowest BCUT2D eigenvalue weighted by Gasteiger charge is -2.09. The fourth-order valence-electron chi connectivity index (χ4n) is 3.18. The maximum Gasteiger partial charge on any atom is 0.244 e. The molecule has 2 amide bonds. The van der Waals surface area contributed by atoms with Crippen molar-refractivity contribution in [3.63, 3.8) is 0 Å². The lowest BCUT2D eigenvalue weighted by molar-refractivity contribution is -0.124. The van der Waals surface area contributed by atoms with E-state index in [-0.39, 0.29) is 18.4 Å². The minimum Gasteiger partial charge on any atom is -0.347 e. The van der Waals surface area contributed by atoms with Gasteiger partial charge in [0.1, 0.15) is 5.82 Å². The molecule has 2 aromatic rings. The topological polar surface area (TPSA) is 99.8 Å². The molecule has 0 aliphatic heterocycles. The molecule has 2 heterocycles. The summed E-state index contributed by atoms with van der Waals surface area (Å²) in [5.41, 5.74) is 1.42. The molecule has 0 atom stereocenters. The molecule has 7 heteroatoms. The largest absolute Gasteiger partial charge is 0.347 e. The number of H-pyrrole nitrogens is 1. The van der Waals surface area contributed by atoms with Crippen LogP contribution in [0.3, 0.4) is 0 Å². The molecular weight excluding hydrogens is 318 g/mol. The third kappa shape index (κ3) is 4.89. The Morgan fingerprint density at radius 3 is 2.80 bits per heavy atom. The van der Waals surface area contributed by atoms with E-state index in [4.69, 9.17) is 0 Å². The fourth-order valence-corrected chi connectivity index (χ4v) is 3.18. The number of anilines is 1. The van der Waals surface area contributed by atoms with Crippen molar-refractivity contribution in [3.8, 4) is 11.3 Å². The standard InChI is InChI=1S/C18H23N5O2/c24-16(9-8-13-5-1-2-6-13)20-12-17(25)22-18-14(11-21-23-18)15-7-3-4-10-19-15/h3-4,7,10-11,13H,1-2,5-6,8-9,12H2,(H,20,24)(H2,21,22,23,25). The number of nitrogens with zero attached hydrogens (tertiary/aromatic N) is 2. The van der Waals surface area contributed by atoms with Crippen LogP contribution in [0.2, 0.25) is 0 Å². The molecule has 132 valence electrons. The Kier molecular flexibility index (Phi) is 5.77. The Hall–Kier alpha value is -2.70. The number of aromatic amines is 1. The monoisotopic (exact) mass is 341 g/mol. The van der Waals surface area contributed by atoms with E-state index in [0.29, 0.717) is 29.4 Å². The molecule has 1 fully saturated rings. The van der Waals surface area contributed by atoms with Gasteiger partial charge >= 0.3 is 0 Å². The first kappa shape index (κ1) is 17.1. The van der Waals surface area contributed by atoms with E-state index < -0.39 is 0 Å². The number of carbonyl (C=O) groups is 2. The van der Waals surface area contributed by atoms with Gasteiger partial charge in [0.15, 0.2) is 0 Å². The maximum absolute atomic E-state index is 12.1. The van der Waals surface area contributed by atoms with Crippen LogP contribution in [0.4, 0.5) is 5.82 Å². The van der Waals surface area contributed by atoms with E-state index in [1.165, 1.54) is 25.7 Å². The van der Waals surface area contributed by atoms with Gasteiger partial charge in [0.25, 0.3) is 0 Å². The van der Waals surface area contributed by atoms with Gasteiger partial charge in [-0.25, -0.2) is 0 Å². The zero-order valence-corrected chi connectivity index (χ0v) is 14.1. The van der Waals surface area contributed by atoms with E-state index >= 15 is 0 Å². The zero-order valence-electron chi connectivity index (χ0n) is 14.1. The number of hydrogen-bond acceptors (Lipinski definition) is 4. The molecule has 1 aliphatic carbocycles. The highest BCUT2D eigenvalue weighted by Crippen LogP contribution is 2.28. The minimum absolute atomic E-state index is 0.0514. The van der Waals surface area contributed by atoms with Crippen LogP contribution < -0.4 is 10.6 Å². The molecular formula is C18H23N5O2. The normalized spacial score (nSPS) is 14.4. The van der Waals surface area contributed by atoms with Gasteiger partial charge in [0, 0.05) is 12.6 Å². The summed E-state index contributed by atoms with van der Waals surface area (Å²) in [6.07, 6.45) is 9.69. The van der Waals surface area contributed by atoms with Crippen LogP contribution in [0.1, 0.15) is 38.5 Å². The van der Waals surface area contributed by atoms with Gasteiger partial charge < -0.3 is 10.6 Å². The van der Waals surface area contributed by atoms with Gasteiger partial charge in [0.05, 0.1) is 24.0 Å². The summed E-state index contributed by atoms with van der Waals surface area (Å²) >= 11 is 0. The average molecular weight is 341 g/mol. The van der Waals surface area contributed by atoms with Crippen molar-refractivity contribution in [2.24, 2.45) is 5.92 Å². The quantitative estimate of drug-likeness (QED) is 0.720. The van der Waals surface area contributed by atoms with Crippen molar-refractivity contribution in [1.29, 1.82) is 0 Å². The summed E-state index contributed by atoms with van der Waals surface area (Å²) in [5.74, 6) is 0.779. The average Bonchev–Trinajstić information content (AvgIpc) is 3.30.